The quantitative estimate of drug-likeness (QED) is 0.715. The fourth-order valence-corrected chi connectivity index (χ4v) is 2.87. The molecule has 0 radical (unpaired) electrons. The van der Waals surface area contributed by atoms with E-state index in [-0.39, 0.29) is 38.0 Å². The number of fused-ring (bicyclic) bond motifs is 1. The summed E-state index contributed by atoms with van der Waals surface area (Å²) in [4.78, 5) is 39.6. The minimum absolute atomic E-state index is 0.167. The number of hydrogen-bond donors (Lipinski definition) is 0. The molecule has 28 heavy (non-hydrogen) atoms. The first-order chi connectivity index (χ1) is 13.5. The smallest absolute Gasteiger partial charge is 0.326 e. The van der Waals surface area contributed by atoms with E-state index in [0.29, 0.717) is 18.0 Å². The third-order valence-electron chi connectivity index (χ3n) is 4.36. The van der Waals surface area contributed by atoms with Gasteiger partial charge in [-0.05, 0) is 17.7 Å². The number of benzene rings is 2. The monoisotopic (exact) mass is 382 g/mol. The van der Waals surface area contributed by atoms with Gasteiger partial charge in [-0.15, -0.1) is 0 Å². The van der Waals surface area contributed by atoms with E-state index in [4.69, 9.17) is 9.47 Å². The van der Waals surface area contributed by atoms with Crippen molar-refractivity contribution in [2.24, 2.45) is 0 Å². The topological polar surface area (TPSA) is 76.2 Å². The number of ether oxygens (including phenoxy) is 2. The number of rotatable bonds is 6. The molecule has 0 atom stereocenters. The van der Waals surface area contributed by atoms with E-state index in [2.05, 4.69) is 0 Å². The molecule has 7 heteroatoms. The lowest BCUT2D eigenvalue weighted by Gasteiger charge is -2.21. The van der Waals surface area contributed by atoms with Gasteiger partial charge in [0.25, 0.3) is 5.91 Å². The highest BCUT2D eigenvalue weighted by Crippen LogP contribution is 2.30. The van der Waals surface area contributed by atoms with E-state index >= 15 is 0 Å². The van der Waals surface area contributed by atoms with Crippen LogP contribution in [0.1, 0.15) is 12.0 Å². The van der Waals surface area contributed by atoms with Crippen LogP contribution in [-0.4, -0.2) is 49.5 Å². The van der Waals surface area contributed by atoms with Gasteiger partial charge in [-0.2, -0.15) is 0 Å². The Morgan fingerprint density at radius 2 is 1.82 bits per heavy atom. The minimum atomic E-state index is -0.647. The summed E-state index contributed by atoms with van der Waals surface area (Å²) in [6.07, 6.45) is 0.167. The molecule has 0 bridgehead atoms. The Morgan fingerprint density at radius 1 is 1.11 bits per heavy atom. The zero-order chi connectivity index (χ0) is 19.9. The van der Waals surface area contributed by atoms with Crippen molar-refractivity contribution in [3.63, 3.8) is 0 Å². The molecular formula is C21H22N2O5. The van der Waals surface area contributed by atoms with Crippen molar-refractivity contribution < 1.29 is 23.9 Å². The molecule has 0 unspecified atom stereocenters. The Hall–Kier alpha value is -3.35. The van der Waals surface area contributed by atoms with Crippen LogP contribution in [0.4, 0.5) is 5.69 Å². The molecule has 0 spiro atoms. The van der Waals surface area contributed by atoms with Gasteiger partial charge in [0.15, 0.2) is 6.61 Å². The van der Waals surface area contributed by atoms with Gasteiger partial charge in [0.1, 0.15) is 12.3 Å². The van der Waals surface area contributed by atoms with Crippen LogP contribution in [-0.2, 0) is 25.7 Å². The molecule has 2 amide bonds. The van der Waals surface area contributed by atoms with Crippen molar-refractivity contribution in [2.75, 3.05) is 31.7 Å². The fraction of sp³-hybridized carbons (Fsp3) is 0.286. The standard InChI is InChI=1S/C21H22N2O5/c1-22(13-16-7-3-2-4-8-16)20(25)15-28-21(26)14-23-17-9-5-6-10-18(17)27-12-11-19(23)24/h2-10H,11-15H2,1H3. The Morgan fingerprint density at radius 3 is 2.61 bits per heavy atom. The van der Waals surface area contributed by atoms with Gasteiger partial charge >= 0.3 is 5.97 Å². The second kappa shape index (κ2) is 9.03. The van der Waals surface area contributed by atoms with Crippen LogP contribution in [0.15, 0.2) is 54.6 Å². The largest absolute Gasteiger partial charge is 0.491 e. The van der Waals surface area contributed by atoms with E-state index in [0.717, 1.165) is 5.56 Å². The minimum Gasteiger partial charge on any atom is -0.491 e. The summed E-state index contributed by atoms with van der Waals surface area (Å²) < 4.78 is 10.6. The molecule has 1 aliphatic heterocycles. The average Bonchev–Trinajstić information content (AvgIpc) is 2.86. The van der Waals surface area contributed by atoms with Crippen LogP contribution < -0.4 is 9.64 Å². The molecule has 2 aromatic carbocycles. The van der Waals surface area contributed by atoms with E-state index in [1.54, 1.807) is 31.3 Å². The Kier molecular flexibility index (Phi) is 6.26. The molecule has 0 aromatic heterocycles. The van der Waals surface area contributed by atoms with Crippen molar-refractivity contribution >= 4 is 23.5 Å². The van der Waals surface area contributed by atoms with Crippen LogP contribution in [0.5, 0.6) is 5.75 Å². The first-order valence-corrected chi connectivity index (χ1v) is 9.00. The summed E-state index contributed by atoms with van der Waals surface area (Å²) in [6.45, 7) is 0.0357. The lowest BCUT2D eigenvalue weighted by Crippen LogP contribution is -2.37. The molecule has 3 rings (SSSR count). The van der Waals surface area contributed by atoms with Gasteiger partial charge < -0.3 is 14.4 Å². The number of likely N-dealkylation sites (N-methyl/N-ethyl adjacent to an activating group) is 1. The van der Waals surface area contributed by atoms with Crippen molar-refractivity contribution in [3.8, 4) is 5.75 Å². The zero-order valence-corrected chi connectivity index (χ0v) is 15.7. The van der Waals surface area contributed by atoms with Crippen LogP contribution in [0.2, 0.25) is 0 Å². The normalized spacial score (nSPS) is 13.2. The third kappa shape index (κ3) is 4.88. The molecule has 7 nitrogen and oxygen atoms in total. The summed E-state index contributed by atoms with van der Waals surface area (Å²) >= 11 is 0. The number of esters is 1. The van der Waals surface area contributed by atoms with Crippen LogP contribution in [0.3, 0.4) is 0 Å². The SMILES string of the molecule is CN(Cc1ccccc1)C(=O)COC(=O)CN1C(=O)CCOc2ccccc21. The van der Waals surface area contributed by atoms with Gasteiger partial charge in [0.05, 0.1) is 18.7 Å². The maximum atomic E-state index is 12.3. The number of hydrogen-bond acceptors (Lipinski definition) is 5. The van der Waals surface area contributed by atoms with E-state index < -0.39 is 5.97 Å². The maximum Gasteiger partial charge on any atom is 0.326 e. The van der Waals surface area contributed by atoms with Gasteiger partial charge in [0, 0.05) is 13.6 Å². The molecule has 0 saturated carbocycles. The molecule has 1 heterocycles. The van der Waals surface area contributed by atoms with Crippen molar-refractivity contribution in [1.29, 1.82) is 0 Å². The van der Waals surface area contributed by atoms with Crippen molar-refractivity contribution in [3.05, 3.63) is 60.2 Å². The lowest BCUT2D eigenvalue weighted by molar-refractivity contribution is -0.150. The molecule has 0 fully saturated rings. The molecule has 0 aliphatic carbocycles. The molecule has 0 N–H and O–H groups in total. The Balaban J connectivity index is 1.55. The van der Waals surface area contributed by atoms with Crippen LogP contribution >= 0.6 is 0 Å². The van der Waals surface area contributed by atoms with E-state index in [9.17, 15) is 14.4 Å². The number of carbonyl (C=O) groups is 3. The zero-order valence-electron chi connectivity index (χ0n) is 15.7. The highest BCUT2D eigenvalue weighted by atomic mass is 16.5. The lowest BCUT2D eigenvalue weighted by atomic mass is 10.2. The molecule has 1 aliphatic rings. The van der Waals surface area contributed by atoms with Crippen LogP contribution in [0, 0.1) is 0 Å². The third-order valence-corrected chi connectivity index (χ3v) is 4.36. The fourth-order valence-electron chi connectivity index (χ4n) is 2.87. The Bertz CT molecular complexity index is 853. The van der Waals surface area contributed by atoms with Crippen molar-refractivity contribution in [2.45, 2.75) is 13.0 Å². The van der Waals surface area contributed by atoms with E-state index in [1.807, 2.05) is 30.3 Å². The predicted octanol–water partition coefficient (Wildman–Crippen LogP) is 2.00. The van der Waals surface area contributed by atoms with Gasteiger partial charge in [0.2, 0.25) is 5.91 Å². The predicted molar refractivity (Wildman–Crippen MR) is 103 cm³/mol. The summed E-state index contributed by atoms with van der Waals surface area (Å²) in [6, 6.07) is 16.5. The number of nitrogens with zero attached hydrogens (tertiary/aromatic N) is 2. The highest BCUT2D eigenvalue weighted by Gasteiger charge is 2.26. The number of para-hydroxylation sites is 2. The highest BCUT2D eigenvalue weighted by molar-refractivity contribution is 5.99. The molecule has 2 aromatic rings. The second-order valence-corrected chi connectivity index (χ2v) is 6.44. The second-order valence-electron chi connectivity index (χ2n) is 6.44. The summed E-state index contributed by atoms with van der Waals surface area (Å²) in [5.41, 5.74) is 1.51. The van der Waals surface area contributed by atoms with Gasteiger partial charge in [-0.1, -0.05) is 42.5 Å². The first-order valence-electron chi connectivity index (χ1n) is 9.00. The maximum absolute atomic E-state index is 12.3. The summed E-state index contributed by atoms with van der Waals surface area (Å²) in [5.74, 6) is -0.649. The Labute approximate surface area is 163 Å². The number of amides is 2. The first kappa shape index (κ1) is 19.4. The van der Waals surface area contributed by atoms with E-state index in [1.165, 1.54) is 9.80 Å². The number of anilines is 1. The summed E-state index contributed by atoms with van der Waals surface area (Å²) in [5, 5.41) is 0. The number of carbonyl (C=O) groups excluding carboxylic acids is 3. The molecular weight excluding hydrogens is 360 g/mol. The van der Waals surface area contributed by atoms with Crippen LogP contribution in [0.25, 0.3) is 0 Å². The summed E-state index contributed by atoms with van der Waals surface area (Å²) in [7, 11) is 1.65. The molecule has 0 saturated heterocycles. The average molecular weight is 382 g/mol. The van der Waals surface area contributed by atoms with Crippen molar-refractivity contribution in [1.82, 2.24) is 4.90 Å². The van der Waals surface area contributed by atoms with Gasteiger partial charge in [-0.25, -0.2) is 0 Å². The molecule has 146 valence electrons. The van der Waals surface area contributed by atoms with Gasteiger partial charge in [-0.3, -0.25) is 19.3 Å².